The largest absolute Gasteiger partial charge is 0.497 e. The molecule has 0 bridgehead atoms. The van der Waals surface area contributed by atoms with Crippen LogP contribution in [-0.2, 0) is 17.9 Å². The first kappa shape index (κ1) is 17.0. The normalized spacial score (nSPS) is 20.7. The molecule has 136 valence electrons. The summed E-state index contributed by atoms with van der Waals surface area (Å²) in [6, 6.07) is 15.4. The third-order valence-electron chi connectivity index (χ3n) is 4.60. The summed E-state index contributed by atoms with van der Waals surface area (Å²) in [5.41, 5.74) is 2.63. The smallest absolute Gasteiger partial charge is 0.221 e. The molecule has 5 nitrogen and oxygen atoms in total. The van der Waals surface area contributed by atoms with Gasteiger partial charge in [-0.3, -0.25) is 4.90 Å². The van der Waals surface area contributed by atoms with Gasteiger partial charge in [0, 0.05) is 19.6 Å². The monoisotopic (exact) mass is 356 g/mol. The van der Waals surface area contributed by atoms with Gasteiger partial charge < -0.3 is 13.9 Å². The van der Waals surface area contributed by atoms with Gasteiger partial charge in [0.15, 0.2) is 5.58 Å². The Morgan fingerprint density at radius 3 is 2.73 bits per heavy atom. The van der Waals surface area contributed by atoms with Gasteiger partial charge in [0.2, 0.25) is 5.89 Å². The van der Waals surface area contributed by atoms with E-state index in [4.69, 9.17) is 13.9 Å². The molecule has 2 heterocycles. The van der Waals surface area contributed by atoms with E-state index in [1.807, 2.05) is 48.5 Å². The number of para-hydroxylation sites is 2. The topological polar surface area (TPSA) is 47.7 Å². The van der Waals surface area contributed by atoms with Crippen molar-refractivity contribution in [1.29, 1.82) is 0 Å². The van der Waals surface area contributed by atoms with Crippen molar-refractivity contribution in [2.45, 2.75) is 25.4 Å². The second-order valence-electron chi connectivity index (χ2n) is 6.48. The molecule has 3 aromatic rings. The molecule has 0 radical (unpaired) electrons. The van der Waals surface area contributed by atoms with Gasteiger partial charge in [0.25, 0.3) is 0 Å². The van der Waals surface area contributed by atoms with Crippen LogP contribution in [0.3, 0.4) is 0 Å². The van der Waals surface area contributed by atoms with Crippen LogP contribution in [0, 0.1) is 0 Å². The second kappa shape index (κ2) is 7.43. The minimum absolute atomic E-state index is 0.177. The summed E-state index contributed by atoms with van der Waals surface area (Å²) in [4.78, 5) is 6.42. The molecule has 6 heteroatoms. The first-order chi connectivity index (χ1) is 12.7. The molecule has 0 amide bonds. The van der Waals surface area contributed by atoms with E-state index in [9.17, 15) is 4.39 Å². The molecule has 2 atom stereocenters. The number of ether oxygens (including phenoxy) is 2. The van der Waals surface area contributed by atoms with E-state index in [1.165, 1.54) is 0 Å². The van der Waals surface area contributed by atoms with E-state index in [1.54, 1.807) is 7.11 Å². The van der Waals surface area contributed by atoms with Crippen LogP contribution in [0.15, 0.2) is 52.9 Å². The van der Waals surface area contributed by atoms with Gasteiger partial charge in [0.1, 0.15) is 30.1 Å². The predicted molar refractivity (Wildman–Crippen MR) is 95.8 cm³/mol. The molecule has 1 fully saturated rings. The first-order valence-corrected chi connectivity index (χ1v) is 8.66. The maximum absolute atomic E-state index is 14.3. The van der Waals surface area contributed by atoms with Crippen LogP contribution in [0.5, 0.6) is 5.75 Å². The van der Waals surface area contributed by atoms with Crippen LogP contribution in [-0.4, -0.2) is 42.4 Å². The van der Waals surface area contributed by atoms with E-state index in [-0.39, 0.29) is 6.61 Å². The number of hydrogen-bond acceptors (Lipinski definition) is 5. The number of oxazole rings is 1. The minimum atomic E-state index is -1.02. The van der Waals surface area contributed by atoms with Crippen LogP contribution in [0.25, 0.3) is 11.1 Å². The lowest BCUT2D eigenvalue weighted by atomic mass is 10.2. The van der Waals surface area contributed by atoms with Gasteiger partial charge >= 0.3 is 0 Å². The Balaban J connectivity index is 1.33. The number of methoxy groups -OCH3 is 1. The van der Waals surface area contributed by atoms with E-state index in [0.29, 0.717) is 25.5 Å². The zero-order valence-corrected chi connectivity index (χ0v) is 14.6. The molecular weight excluding hydrogens is 335 g/mol. The Labute approximate surface area is 151 Å². The number of hydrogen-bond donors (Lipinski definition) is 0. The van der Waals surface area contributed by atoms with Crippen LogP contribution in [0.2, 0.25) is 0 Å². The van der Waals surface area contributed by atoms with Crippen molar-refractivity contribution < 1.29 is 18.3 Å². The van der Waals surface area contributed by atoms with Crippen molar-refractivity contribution in [3.05, 3.63) is 60.0 Å². The summed E-state index contributed by atoms with van der Waals surface area (Å²) in [6.45, 7) is 1.78. The Hall–Kier alpha value is -2.44. The number of fused-ring (bicyclic) bond motifs is 1. The molecule has 0 N–H and O–H groups in total. The fraction of sp³-hybridized carbons (Fsp3) is 0.350. The molecular formula is C20H21FN2O3. The highest BCUT2D eigenvalue weighted by atomic mass is 19.1. The average Bonchev–Trinajstić information content (AvgIpc) is 3.23. The predicted octanol–water partition coefficient (Wildman–Crippen LogP) is 3.58. The van der Waals surface area contributed by atoms with E-state index in [0.717, 1.165) is 22.4 Å². The van der Waals surface area contributed by atoms with Crippen LogP contribution in [0.4, 0.5) is 4.39 Å². The lowest BCUT2D eigenvalue weighted by Gasteiger charge is -2.15. The number of aromatic nitrogens is 1. The lowest BCUT2D eigenvalue weighted by Crippen LogP contribution is -2.24. The number of likely N-dealkylation sites (tertiary alicyclic amines) is 1. The van der Waals surface area contributed by atoms with Gasteiger partial charge in [0.05, 0.1) is 7.11 Å². The summed E-state index contributed by atoms with van der Waals surface area (Å²) in [5.74, 6) is 1.30. The summed E-state index contributed by atoms with van der Waals surface area (Å²) < 4.78 is 30.9. The van der Waals surface area contributed by atoms with Crippen molar-refractivity contribution in [2.75, 3.05) is 20.2 Å². The molecule has 0 spiro atoms. The lowest BCUT2D eigenvalue weighted by molar-refractivity contribution is 0.00239. The van der Waals surface area contributed by atoms with Gasteiger partial charge in [-0.05, 0) is 29.8 Å². The van der Waals surface area contributed by atoms with Gasteiger partial charge in [-0.1, -0.05) is 24.3 Å². The molecule has 1 aliphatic heterocycles. The Kier molecular flexibility index (Phi) is 4.86. The summed E-state index contributed by atoms with van der Waals surface area (Å²) in [5, 5.41) is 0. The molecule has 1 aliphatic rings. The molecule has 2 aromatic carbocycles. The zero-order chi connectivity index (χ0) is 17.9. The van der Waals surface area contributed by atoms with Gasteiger partial charge in [-0.15, -0.1) is 0 Å². The third kappa shape index (κ3) is 3.71. The maximum Gasteiger partial charge on any atom is 0.221 e. The maximum atomic E-state index is 14.3. The number of nitrogens with zero attached hydrogens (tertiary/aromatic N) is 2. The molecule has 1 saturated heterocycles. The number of alkyl halides is 1. The van der Waals surface area contributed by atoms with Crippen molar-refractivity contribution in [3.63, 3.8) is 0 Å². The third-order valence-corrected chi connectivity index (χ3v) is 4.60. The molecule has 0 saturated carbocycles. The van der Waals surface area contributed by atoms with Crippen LogP contribution < -0.4 is 4.74 Å². The molecule has 1 aromatic heterocycles. The SMILES string of the molecule is COc1ccc(CN2CC(F)C(OCc3nc4ccccc4o3)C2)cc1. The van der Waals surface area contributed by atoms with Crippen LogP contribution in [0.1, 0.15) is 11.5 Å². The molecule has 4 rings (SSSR count). The Morgan fingerprint density at radius 2 is 1.96 bits per heavy atom. The van der Waals surface area contributed by atoms with Gasteiger partial charge in [-0.25, -0.2) is 9.37 Å². The average molecular weight is 356 g/mol. The van der Waals surface area contributed by atoms with Crippen molar-refractivity contribution >= 4 is 11.1 Å². The second-order valence-corrected chi connectivity index (χ2v) is 6.48. The number of rotatable bonds is 6. The van der Waals surface area contributed by atoms with Gasteiger partial charge in [-0.2, -0.15) is 0 Å². The molecule has 26 heavy (non-hydrogen) atoms. The minimum Gasteiger partial charge on any atom is -0.497 e. The highest BCUT2D eigenvalue weighted by Crippen LogP contribution is 2.22. The molecule has 0 aliphatic carbocycles. The van der Waals surface area contributed by atoms with E-state index in [2.05, 4.69) is 9.88 Å². The number of halogens is 1. The van der Waals surface area contributed by atoms with E-state index < -0.39 is 12.3 Å². The standard InChI is InChI=1S/C20H21FN2O3/c1-24-15-8-6-14(7-9-15)10-23-11-16(21)19(12-23)25-13-20-22-17-4-2-3-5-18(17)26-20/h2-9,16,19H,10-13H2,1H3. The van der Waals surface area contributed by atoms with Crippen LogP contribution >= 0.6 is 0 Å². The highest BCUT2D eigenvalue weighted by molar-refractivity contribution is 5.72. The highest BCUT2D eigenvalue weighted by Gasteiger charge is 2.33. The first-order valence-electron chi connectivity index (χ1n) is 8.66. The fourth-order valence-corrected chi connectivity index (χ4v) is 3.24. The van der Waals surface area contributed by atoms with Crippen molar-refractivity contribution in [2.24, 2.45) is 0 Å². The Bertz CT molecular complexity index is 832. The fourth-order valence-electron chi connectivity index (χ4n) is 3.24. The zero-order valence-electron chi connectivity index (χ0n) is 14.6. The summed E-state index contributed by atoms with van der Waals surface area (Å²) in [6.07, 6.45) is -1.49. The van der Waals surface area contributed by atoms with Crippen molar-refractivity contribution in [1.82, 2.24) is 9.88 Å². The van der Waals surface area contributed by atoms with E-state index >= 15 is 0 Å². The van der Waals surface area contributed by atoms with Crippen molar-refractivity contribution in [3.8, 4) is 5.75 Å². The quantitative estimate of drug-likeness (QED) is 0.676. The summed E-state index contributed by atoms with van der Waals surface area (Å²) in [7, 11) is 1.64. The number of benzene rings is 2. The summed E-state index contributed by atoms with van der Waals surface area (Å²) >= 11 is 0. The molecule has 2 unspecified atom stereocenters. The Morgan fingerprint density at radius 1 is 1.15 bits per heavy atom.